The summed E-state index contributed by atoms with van der Waals surface area (Å²) in [6.45, 7) is 0. The summed E-state index contributed by atoms with van der Waals surface area (Å²) in [4.78, 5) is 0. The normalized spacial score (nSPS) is 18.6. The summed E-state index contributed by atoms with van der Waals surface area (Å²) in [6, 6.07) is 8.54. The van der Waals surface area contributed by atoms with Gasteiger partial charge in [-0.15, -0.1) is 0 Å². The molecule has 1 atom stereocenters. The molecule has 1 aliphatic rings. The van der Waals surface area contributed by atoms with Crippen LogP contribution in [0.4, 0.5) is 0 Å². The molecule has 1 aromatic rings. The molecule has 0 heterocycles. The minimum Gasteiger partial charge on any atom is -0.0918 e. The van der Waals surface area contributed by atoms with Crippen molar-refractivity contribution in [1.29, 1.82) is 0 Å². The minimum atomic E-state index is 0. The van der Waals surface area contributed by atoms with Gasteiger partial charge in [-0.3, -0.25) is 0 Å². The molecule has 1 aliphatic carbocycles. The largest absolute Gasteiger partial charge is 0.0918 e. The molecule has 0 aromatic heterocycles. The standard InChI is InChI=1S/C10H9Br.Hf/c11-7-9-6-5-8-3-1-2-4-10(8)9;/h1-6,9H,7H2;. The topological polar surface area (TPSA) is 0 Å². The van der Waals surface area contributed by atoms with Gasteiger partial charge in [0.25, 0.3) is 0 Å². The quantitative estimate of drug-likeness (QED) is 0.513. The van der Waals surface area contributed by atoms with E-state index in [-0.39, 0.29) is 25.8 Å². The number of rotatable bonds is 1. The number of hydrogen-bond donors (Lipinski definition) is 0. The van der Waals surface area contributed by atoms with E-state index in [0.29, 0.717) is 5.92 Å². The average Bonchev–Trinajstić information content (AvgIpc) is 2.47. The first kappa shape index (κ1) is 10.4. The number of fused-ring (bicyclic) bond motifs is 1. The fourth-order valence-electron chi connectivity index (χ4n) is 1.46. The Kier molecular flexibility index (Phi) is 3.91. The van der Waals surface area contributed by atoms with Crippen molar-refractivity contribution in [3.05, 3.63) is 41.5 Å². The molecule has 0 saturated heterocycles. The van der Waals surface area contributed by atoms with Gasteiger partial charge in [-0.05, 0) is 11.1 Å². The molecule has 2 heteroatoms. The van der Waals surface area contributed by atoms with Crippen molar-refractivity contribution in [2.75, 3.05) is 5.33 Å². The maximum atomic E-state index is 3.49. The fraction of sp³-hybridized carbons (Fsp3) is 0.200. The minimum absolute atomic E-state index is 0. The smallest absolute Gasteiger partial charge is 0.0135 e. The number of allylic oxidation sites excluding steroid dienone is 1. The molecule has 60 valence electrons. The van der Waals surface area contributed by atoms with Crippen LogP contribution in [-0.4, -0.2) is 5.33 Å². The van der Waals surface area contributed by atoms with Crippen molar-refractivity contribution in [2.45, 2.75) is 5.92 Å². The third kappa shape index (κ3) is 1.80. The van der Waals surface area contributed by atoms with E-state index in [0.717, 1.165) is 5.33 Å². The first-order valence-electron chi connectivity index (χ1n) is 3.75. The van der Waals surface area contributed by atoms with Crippen LogP contribution in [-0.2, 0) is 25.8 Å². The van der Waals surface area contributed by atoms with Crippen LogP contribution in [0.3, 0.4) is 0 Å². The summed E-state index contributed by atoms with van der Waals surface area (Å²) in [6.07, 6.45) is 4.45. The molecular formula is C10H9BrHf. The molecule has 0 saturated carbocycles. The zero-order valence-electron chi connectivity index (χ0n) is 6.63. The van der Waals surface area contributed by atoms with E-state index < -0.39 is 0 Å². The van der Waals surface area contributed by atoms with Crippen LogP contribution in [0.15, 0.2) is 30.3 Å². The van der Waals surface area contributed by atoms with E-state index in [1.807, 2.05) is 0 Å². The van der Waals surface area contributed by atoms with Crippen molar-refractivity contribution in [1.82, 2.24) is 0 Å². The van der Waals surface area contributed by atoms with Crippen molar-refractivity contribution in [3.63, 3.8) is 0 Å². The Morgan fingerprint density at radius 2 is 2.00 bits per heavy atom. The molecule has 0 fully saturated rings. The second-order valence-electron chi connectivity index (χ2n) is 2.75. The Labute approximate surface area is 100.0 Å². The SMILES string of the molecule is BrCC1C=Cc2ccccc21.[Hf]. The van der Waals surface area contributed by atoms with Crippen molar-refractivity contribution >= 4 is 22.0 Å². The predicted octanol–water partition coefficient (Wildman–Crippen LogP) is 3.19. The number of alkyl halides is 1. The summed E-state index contributed by atoms with van der Waals surface area (Å²) < 4.78 is 0. The summed E-state index contributed by atoms with van der Waals surface area (Å²) >= 11 is 3.49. The van der Waals surface area contributed by atoms with Gasteiger partial charge in [-0.25, -0.2) is 0 Å². The van der Waals surface area contributed by atoms with Crippen LogP contribution in [0.1, 0.15) is 17.0 Å². The Morgan fingerprint density at radius 3 is 2.75 bits per heavy atom. The Bertz CT molecular complexity index is 294. The summed E-state index contributed by atoms with van der Waals surface area (Å²) in [7, 11) is 0. The third-order valence-corrected chi connectivity index (χ3v) is 2.77. The van der Waals surface area contributed by atoms with E-state index >= 15 is 0 Å². The van der Waals surface area contributed by atoms with Gasteiger partial charge in [0.1, 0.15) is 0 Å². The predicted molar refractivity (Wildman–Crippen MR) is 52.0 cm³/mol. The van der Waals surface area contributed by atoms with Crippen LogP contribution in [0.2, 0.25) is 0 Å². The molecule has 0 bridgehead atoms. The first-order valence-corrected chi connectivity index (χ1v) is 4.87. The summed E-state index contributed by atoms with van der Waals surface area (Å²) in [5.74, 6) is 0.589. The first-order chi connectivity index (χ1) is 5.42. The van der Waals surface area contributed by atoms with Gasteiger partial charge in [0, 0.05) is 37.1 Å². The second kappa shape index (κ2) is 4.52. The van der Waals surface area contributed by atoms with Gasteiger partial charge in [0.05, 0.1) is 0 Å². The van der Waals surface area contributed by atoms with E-state index in [1.54, 1.807) is 0 Å². The monoisotopic (exact) mass is 388 g/mol. The van der Waals surface area contributed by atoms with E-state index in [2.05, 4.69) is 52.3 Å². The third-order valence-electron chi connectivity index (χ3n) is 2.07. The van der Waals surface area contributed by atoms with Crippen molar-refractivity contribution < 1.29 is 25.8 Å². The second-order valence-corrected chi connectivity index (χ2v) is 3.40. The van der Waals surface area contributed by atoms with Gasteiger partial charge < -0.3 is 0 Å². The summed E-state index contributed by atoms with van der Waals surface area (Å²) in [5, 5.41) is 1.03. The van der Waals surface area contributed by atoms with Crippen molar-refractivity contribution in [2.24, 2.45) is 0 Å². The molecule has 0 N–H and O–H groups in total. The van der Waals surface area contributed by atoms with Crippen LogP contribution in [0.5, 0.6) is 0 Å². The molecule has 0 aliphatic heterocycles. The van der Waals surface area contributed by atoms with Gasteiger partial charge in [-0.2, -0.15) is 0 Å². The van der Waals surface area contributed by atoms with Crippen LogP contribution in [0.25, 0.3) is 6.08 Å². The van der Waals surface area contributed by atoms with Gasteiger partial charge in [-0.1, -0.05) is 52.3 Å². The molecule has 0 amide bonds. The fourth-order valence-corrected chi connectivity index (χ4v) is 2.02. The number of hydrogen-bond acceptors (Lipinski definition) is 0. The Hall–Kier alpha value is 0.310. The van der Waals surface area contributed by atoms with Crippen LogP contribution >= 0.6 is 15.9 Å². The maximum absolute atomic E-state index is 3.49. The molecule has 0 spiro atoms. The molecule has 0 nitrogen and oxygen atoms in total. The zero-order valence-corrected chi connectivity index (χ0v) is 11.8. The summed E-state index contributed by atoms with van der Waals surface area (Å²) in [5.41, 5.74) is 2.82. The average molecular weight is 388 g/mol. The maximum Gasteiger partial charge on any atom is 0.0135 e. The molecular weight excluding hydrogens is 379 g/mol. The van der Waals surface area contributed by atoms with Crippen LogP contribution in [0, 0.1) is 0 Å². The number of halogens is 1. The molecule has 2 rings (SSSR count). The van der Waals surface area contributed by atoms with Gasteiger partial charge in [0.15, 0.2) is 0 Å². The van der Waals surface area contributed by atoms with Gasteiger partial charge >= 0.3 is 0 Å². The molecule has 0 radical (unpaired) electrons. The van der Waals surface area contributed by atoms with Gasteiger partial charge in [0.2, 0.25) is 0 Å². The van der Waals surface area contributed by atoms with Crippen molar-refractivity contribution in [3.8, 4) is 0 Å². The van der Waals surface area contributed by atoms with E-state index in [4.69, 9.17) is 0 Å². The van der Waals surface area contributed by atoms with E-state index in [9.17, 15) is 0 Å². The molecule has 12 heavy (non-hydrogen) atoms. The molecule has 1 aromatic carbocycles. The Morgan fingerprint density at radius 1 is 1.25 bits per heavy atom. The van der Waals surface area contributed by atoms with Crippen LogP contribution < -0.4 is 0 Å². The number of benzene rings is 1. The van der Waals surface area contributed by atoms with E-state index in [1.165, 1.54) is 11.1 Å². The Balaban J connectivity index is 0.000000720. The molecule has 1 unspecified atom stereocenters. The zero-order chi connectivity index (χ0) is 7.68.